The maximum atomic E-state index is 13.1. The average Bonchev–Trinajstić information content (AvgIpc) is 3.18. The van der Waals surface area contributed by atoms with Gasteiger partial charge in [-0.15, -0.1) is 0 Å². The van der Waals surface area contributed by atoms with E-state index >= 15 is 0 Å². The molecule has 4 rings (SSSR count). The fourth-order valence-electron chi connectivity index (χ4n) is 3.63. The minimum absolute atomic E-state index is 0.0149. The van der Waals surface area contributed by atoms with Gasteiger partial charge in [0.25, 0.3) is 0 Å². The van der Waals surface area contributed by atoms with Gasteiger partial charge >= 0.3 is 6.18 Å². The molecule has 0 spiro atoms. The first kappa shape index (κ1) is 15.4. The number of hydrogen-bond donors (Lipinski definition) is 1. The van der Waals surface area contributed by atoms with Crippen molar-refractivity contribution < 1.29 is 17.9 Å². The number of alkyl halides is 3. The molecule has 3 atom stereocenters. The number of halogens is 3. The van der Waals surface area contributed by atoms with Gasteiger partial charge in [0.2, 0.25) is 0 Å². The third-order valence-corrected chi connectivity index (χ3v) is 4.82. The highest BCUT2D eigenvalue weighted by molar-refractivity contribution is 5.71. The molecule has 0 radical (unpaired) electrons. The zero-order chi connectivity index (χ0) is 16.7. The van der Waals surface area contributed by atoms with Crippen molar-refractivity contribution in [3.05, 3.63) is 48.3 Å². The highest BCUT2D eigenvalue weighted by Gasteiger charge is 2.41. The highest BCUT2D eigenvalue weighted by Crippen LogP contribution is 2.39. The van der Waals surface area contributed by atoms with Crippen molar-refractivity contribution in [1.29, 1.82) is 0 Å². The van der Waals surface area contributed by atoms with Gasteiger partial charge in [-0.2, -0.15) is 13.2 Å². The lowest BCUT2D eigenvalue weighted by molar-refractivity contribution is -0.137. The molecule has 2 fully saturated rings. The molecule has 2 saturated heterocycles. The van der Waals surface area contributed by atoms with Crippen LogP contribution in [0, 0.1) is 0 Å². The summed E-state index contributed by atoms with van der Waals surface area (Å²) in [6.45, 7) is 0. The van der Waals surface area contributed by atoms with E-state index in [0.717, 1.165) is 31.4 Å². The largest absolute Gasteiger partial charge is 0.488 e. The van der Waals surface area contributed by atoms with Gasteiger partial charge in [-0.05, 0) is 48.7 Å². The Morgan fingerprint density at radius 1 is 1.08 bits per heavy atom. The number of nitrogens with one attached hydrogen (secondary N) is 1. The summed E-state index contributed by atoms with van der Waals surface area (Å²) in [6.07, 6.45) is 1.88. The van der Waals surface area contributed by atoms with Crippen LogP contribution in [0.2, 0.25) is 0 Å². The number of ether oxygens (including phenoxy) is 1. The van der Waals surface area contributed by atoms with Crippen molar-refractivity contribution >= 4 is 0 Å². The number of benzene rings is 1. The molecular weight excluding hydrogens is 317 g/mol. The number of hydrogen-bond acceptors (Lipinski definition) is 3. The molecule has 126 valence electrons. The van der Waals surface area contributed by atoms with Crippen molar-refractivity contribution in [3.63, 3.8) is 0 Å². The van der Waals surface area contributed by atoms with Crippen LogP contribution in [0.25, 0.3) is 11.1 Å². The molecule has 2 aromatic rings. The van der Waals surface area contributed by atoms with Crippen molar-refractivity contribution in [1.82, 2.24) is 10.3 Å². The van der Waals surface area contributed by atoms with Crippen molar-refractivity contribution in [2.45, 2.75) is 43.6 Å². The maximum absolute atomic E-state index is 13.1. The van der Waals surface area contributed by atoms with Gasteiger partial charge < -0.3 is 10.1 Å². The predicted molar refractivity (Wildman–Crippen MR) is 83.7 cm³/mol. The van der Waals surface area contributed by atoms with Crippen LogP contribution in [0.5, 0.6) is 5.75 Å². The van der Waals surface area contributed by atoms with E-state index in [4.69, 9.17) is 4.74 Å². The normalized spacial score (nSPS) is 25.9. The first-order valence-electron chi connectivity index (χ1n) is 8.05. The number of pyridine rings is 1. The number of aromatic nitrogens is 1. The standard InChI is InChI=1S/C18H17F3N2O/c19-18(20,21)12-1-4-16(14(9-12)11-5-7-22-8-6-11)24-17-10-13-2-3-15(17)23-13/h1,4-9,13,15,17,23H,2-3,10H2. The van der Waals surface area contributed by atoms with Crippen LogP contribution in [0.4, 0.5) is 13.2 Å². The Labute approximate surface area is 137 Å². The lowest BCUT2D eigenvalue weighted by atomic mass is 9.97. The smallest absolute Gasteiger partial charge is 0.416 e. The molecule has 3 heterocycles. The quantitative estimate of drug-likeness (QED) is 0.920. The van der Waals surface area contributed by atoms with E-state index in [1.165, 1.54) is 6.07 Å². The summed E-state index contributed by atoms with van der Waals surface area (Å²) in [5.41, 5.74) is 0.449. The molecular formula is C18H17F3N2O. The summed E-state index contributed by atoms with van der Waals surface area (Å²) in [6, 6.07) is 7.83. The van der Waals surface area contributed by atoms with Gasteiger partial charge in [0.1, 0.15) is 11.9 Å². The molecule has 0 aliphatic carbocycles. The summed E-state index contributed by atoms with van der Waals surface area (Å²) >= 11 is 0. The van der Waals surface area contributed by atoms with Crippen molar-refractivity contribution in [2.24, 2.45) is 0 Å². The summed E-state index contributed by atoms with van der Waals surface area (Å²) in [4.78, 5) is 3.93. The molecule has 2 aliphatic rings. The zero-order valence-electron chi connectivity index (χ0n) is 12.9. The number of nitrogens with zero attached hydrogens (tertiary/aromatic N) is 1. The number of rotatable bonds is 3. The molecule has 0 saturated carbocycles. The van der Waals surface area contributed by atoms with Gasteiger partial charge in [-0.3, -0.25) is 4.98 Å². The first-order chi connectivity index (χ1) is 11.5. The third kappa shape index (κ3) is 2.86. The van der Waals surface area contributed by atoms with E-state index in [2.05, 4.69) is 10.3 Å². The molecule has 1 aromatic carbocycles. The van der Waals surface area contributed by atoms with Gasteiger partial charge in [0.15, 0.2) is 0 Å². The van der Waals surface area contributed by atoms with Crippen LogP contribution in [0.1, 0.15) is 24.8 Å². The van der Waals surface area contributed by atoms with Crippen molar-refractivity contribution in [2.75, 3.05) is 0 Å². The summed E-state index contributed by atoms with van der Waals surface area (Å²) < 4.78 is 45.4. The Morgan fingerprint density at radius 3 is 2.50 bits per heavy atom. The van der Waals surface area contributed by atoms with E-state index in [1.807, 2.05) is 0 Å². The van der Waals surface area contributed by atoms with E-state index in [1.54, 1.807) is 24.5 Å². The highest BCUT2D eigenvalue weighted by atomic mass is 19.4. The Balaban J connectivity index is 1.70. The van der Waals surface area contributed by atoms with Gasteiger partial charge in [-0.25, -0.2) is 0 Å². The van der Waals surface area contributed by atoms with Gasteiger partial charge in [0, 0.05) is 36.5 Å². The summed E-state index contributed by atoms with van der Waals surface area (Å²) in [7, 11) is 0. The zero-order valence-corrected chi connectivity index (χ0v) is 12.9. The van der Waals surface area contributed by atoms with E-state index < -0.39 is 11.7 Å². The van der Waals surface area contributed by atoms with Gasteiger partial charge in [0.05, 0.1) is 5.56 Å². The Kier molecular flexibility index (Phi) is 3.72. The SMILES string of the molecule is FC(F)(F)c1ccc(OC2CC3CCC2N3)c(-c2ccncc2)c1. The molecule has 1 N–H and O–H groups in total. The van der Waals surface area contributed by atoms with Crippen molar-refractivity contribution in [3.8, 4) is 16.9 Å². The average molecular weight is 334 g/mol. The molecule has 2 aliphatic heterocycles. The monoisotopic (exact) mass is 334 g/mol. The maximum Gasteiger partial charge on any atom is 0.416 e. The van der Waals surface area contributed by atoms with Crippen LogP contribution in [-0.4, -0.2) is 23.2 Å². The minimum atomic E-state index is -4.38. The van der Waals surface area contributed by atoms with E-state index in [0.29, 0.717) is 29.0 Å². The molecule has 1 aromatic heterocycles. The Bertz CT molecular complexity index is 733. The number of fused-ring (bicyclic) bond motifs is 2. The van der Waals surface area contributed by atoms with Gasteiger partial charge in [-0.1, -0.05) is 0 Å². The van der Waals surface area contributed by atoms with Crippen LogP contribution in [0.15, 0.2) is 42.7 Å². The molecule has 24 heavy (non-hydrogen) atoms. The summed E-state index contributed by atoms with van der Waals surface area (Å²) in [5.74, 6) is 0.494. The summed E-state index contributed by atoms with van der Waals surface area (Å²) in [5, 5.41) is 3.48. The predicted octanol–water partition coefficient (Wildman–Crippen LogP) is 4.04. The molecule has 3 nitrogen and oxygen atoms in total. The molecule has 0 amide bonds. The van der Waals surface area contributed by atoms with E-state index in [9.17, 15) is 13.2 Å². The fraction of sp³-hybridized carbons (Fsp3) is 0.389. The Hall–Kier alpha value is -2.08. The second-order valence-electron chi connectivity index (χ2n) is 6.38. The molecule has 6 heteroatoms. The second kappa shape index (κ2) is 5.77. The first-order valence-corrected chi connectivity index (χ1v) is 8.05. The van der Waals surface area contributed by atoms with Crippen LogP contribution in [0.3, 0.4) is 0 Å². The lowest BCUT2D eigenvalue weighted by Crippen LogP contribution is -2.31. The van der Waals surface area contributed by atoms with Crippen LogP contribution >= 0.6 is 0 Å². The molecule has 3 unspecified atom stereocenters. The second-order valence-corrected chi connectivity index (χ2v) is 6.38. The van der Waals surface area contributed by atoms with Crippen LogP contribution < -0.4 is 10.1 Å². The Morgan fingerprint density at radius 2 is 1.88 bits per heavy atom. The lowest BCUT2D eigenvalue weighted by Gasteiger charge is -2.24. The fourth-order valence-corrected chi connectivity index (χ4v) is 3.63. The molecule has 2 bridgehead atoms. The topological polar surface area (TPSA) is 34.1 Å². The third-order valence-electron chi connectivity index (χ3n) is 4.82. The van der Waals surface area contributed by atoms with Crippen LogP contribution in [-0.2, 0) is 6.18 Å². The van der Waals surface area contributed by atoms with E-state index in [-0.39, 0.29) is 6.10 Å². The minimum Gasteiger partial charge on any atom is -0.488 e.